The highest BCUT2D eigenvalue weighted by atomic mass is 32.1. The van der Waals surface area contributed by atoms with E-state index in [9.17, 15) is 9.59 Å². The summed E-state index contributed by atoms with van der Waals surface area (Å²) >= 11 is 1.55. The number of rotatable bonds is 7. The number of anilines is 1. The number of thiophene rings is 1. The molecule has 0 bridgehead atoms. The van der Waals surface area contributed by atoms with E-state index in [-0.39, 0.29) is 24.3 Å². The molecule has 166 valence electrons. The summed E-state index contributed by atoms with van der Waals surface area (Å²) in [5.41, 5.74) is 3.61. The van der Waals surface area contributed by atoms with Crippen LogP contribution in [0.25, 0.3) is 0 Å². The van der Waals surface area contributed by atoms with Gasteiger partial charge in [0, 0.05) is 29.0 Å². The molecule has 4 rings (SSSR count). The summed E-state index contributed by atoms with van der Waals surface area (Å²) in [5, 5.41) is 5.19. The third kappa shape index (κ3) is 5.25. The van der Waals surface area contributed by atoms with Gasteiger partial charge in [0.2, 0.25) is 11.8 Å². The molecule has 0 radical (unpaired) electrons. The van der Waals surface area contributed by atoms with E-state index in [4.69, 9.17) is 0 Å². The number of amides is 2. The van der Waals surface area contributed by atoms with Crippen molar-refractivity contribution in [3.05, 3.63) is 81.8 Å². The molecule has 2 aromatic heterocycles. The zero-order chi connectivity index (χ0) is 22.5. The van der Waals surface area contributed by atoms with Gasteiger partial charge in [-0.3, -0.25) is 19.5 Å². The zero-order valence-electron chi connectivity index (χ0n) is 18.6. The highest BCUT2D eigenvalue weighted by Crippen LogP contribution is 2.31. The van der Waals surface area contributed by atoms with Gasteiger partial charge in [-0.1, -0.05) is 25.0 Å². The predicted molar refractivity (Wildman–Crippen MR) is 129 cm³/mol. The minimum absolute atomic E-state index is 0.0964. The number of hydrogen-bond donors (Lipinski definition) is 1. The molecule has 1 fully saturated rings. The van der Waals surface area contributed by atoms with Crippen molar-refractivity contribution in [1.82, 2.24) is 10.3 Å². The average molecular weight is 448 g/mol. The van der Waals surface area contributed by atoms with E-state index in [1.807, 2.05) is 55.6 Å². The van der Waals surface area contributed by atoms with Gasteiger partial charge >= 0.3 is 0 Å². The van der Waals surface area contributed by atoms with Crippen LogP contribution in [-0.2, 0) is 16.0 Å². The molecular formula is C26H29N3O2S. The lowest BCUT2D eigenvalue weighted by molar-refractivity contribution is -0.127. The van der Waals surface area contributed by atoms with Crippen LogP contribution in [0.3, 0.4) is 0 Å². The Morgan fingerprint density at radius 3 is 2.41 bits per heavy atom. The summed E-state index contributed by atoms with van der Waals surface area (Å²) in [6.45, 7) is 4.02. The summed E-state index contributed by atoms with van der Waals surface area (Å²) in [7, 11) is 0. The number of carbonyl (C=O) groups excluding carboxylic acids is 2. The maximum absolute atomic E-state index is 13.7. The monoisotopic (exact) mass is 447 g/mol. The molecule has 32 heavy (non-hydrogen) atoms. The zero-order valence-corrected chi connectivity index (χ0v) is 19.4. The maximum Gasteiger partial charge on any atom is 0.248 e. The minimum Gasteiger partial charge on any atom is -0.351 e. The summed E-state index contributed by atoms with van der Waals surface area (Å²) in [5.74, 6) is -0.234. The van der Waals surface area contributed by atoms with Crippen LogP contribution in [0.15, 0.2) is 60.2 Å². The van der Waals surface area contributed by atoms with Gasteiger partial charge in [0.25, 0.3) is 0 Å². The van der Waals surface area contributed by atoms with Crippen molar-refractivity contribution >= 4 is 28.8 Å². The SMILES string of the molecule is Cc1cc(C)cc(N(C(=O)Cc2cccs2)[C@@H](C(=O)NC2CCCC2)c2ccncc2)c1. The molecule has 1 N–H and O–H groups in total. The number of nitrogens with one attached hydrogen (secondary N) is 1. The van der Waals surface area contributed by atoms with Crippen LogP contribution >= 0.6 is 11.3 Å². The van der Waals surface area contributed by atoms with Gasteiger partial charge in [0.15, 0.2) is 0 Å². The fourth-order valence-electron chi connectivity index (χ4n) is 4.49. The van der Waals surface area contributed by atoms with Gasteiger partial charge in [-0.2, -0.15) is 0 Å². The van der Waals surface area contributed by atoms with Gasteiger partial charge in [-0.05, 0) is 79.1 Å². The molecule has 1 saturated carbocycles. The van der Waals surface area contributed by atoms with Crippen molar-refractivity contribution in [3.8, 4) is 0 Å². The second-order valence-electron chi connectivity index (χ2n) is 8.54. The Bertz CT molecular complexity index is 1040. The van der Waals surface area contributed by atoms with Crippen molar-refractivity contribution in [3.63, 3.8) is 0 Å². The number of pyridine rings is 1. The van der Waals surface area contributed by atoms with Crippen molar-refractivity contribution < 1.29 is 9.59 Å². The first-order valence-electron chi connectivity index (χ1n) is 11.1. The van der Waals surface area contributed by atoms with Crippen molar-refractivity contribution in [2.45, 2.75) is 58.0 Å². The molecular weight excluding hydrogens is 418 g/mol. The Balaban J connectivity index is 1.77. The molecule has 2 amide bonds. The van der Waals surface area contributed by atoms with Crippen LogP contribution in [0.2, 0.25) is 0 Å². The summed E-state index contributed by atoms with van der Waals surface area (Å²) in [4.78, 5) is 34.2. The smallest absolute Gasteiger partial charge is 0.248 e. The van der Waals surface area contributed by atoms with Crippen LogP contribution in [0.4, 0.5) is 5.69 Å². The fraction of sp³-hybridized carbons (Fsp3) is 0.346. The number of nitrogens with zero attached hydrogens (tertiary/aromatic N) is 2. The maximum atomic E-state index is 13.7. The molecule has 1 atom stereocenters. The average Bonchev–Trinajstić information content (AvgIpc) is 3.46. The van der Waals surface area contributed by atoms with Gasteiger partial charge in [-0.15, -0.1) is 11.3 Å². The van der Waals surface area contributed by atoms with E-state index < -0.39 is 6.04 Å². The Morgan fingerprint density at radius 2 is 1.78 bits per heavy atom. The molecule has 1 aliphatic rings. The Labute approximate surface area is 193 Å². The van der Waals surface area contributed by atoms with Gasteiger partial charge in [-0.25, -0.2) is 0 Å². The van der Waals surface area contributed by atoms with Crippen LogP contribution < -0.4 is 10.2 Å². The van der Waals surface area contributed by atoms with Crippen LogP contribution in [0.1, 0.15) is 53.3 Å². The van der Waals surface area contributed by atoms with E-state index in [0.29, 0.717) is 0 Å². The van der Waals surface area contributed by atoms with Gasteiger partial charge in [0.1, 0.15) is 6.04 Å². The molecule has 0 aliphatic heterocycles. The highest BCUT2D eigenvalue weighted by molar-refractivity contribution is 7.10. The normalized spacial score (nSPS) is 14.8. The lowest BCUT2D eigenvalue weighted by Gasteiger charge is -2.32. The number of hydrogen-bond acceptors (Lipinski definition) is 4. The number of carbonyl (C=O) groups is 2. The van der Waals surface area contributed by atoms with Crippen molar-refractivity contribution in [2.24, 2.45) is 0 Å². The first kappa shape index (κ1) is 22.2. The number of aromatic nitrogens is 1. The van der Waals surface area contributed by atoms with Crippen molar-refractivity contribution in [1.29, 1.82) is 0 Å². The molecule has 1 aromatic carbocycles. The largest absolute Gasteiger partial charge is 0.351 e. The van der Waals surface area contributed by atoms with Crippen molar-refractivity contribution in [2.75, 3.05) is 4.90 Å². The molecule has 1 aliphatic carbocycles. The molecule has 0 unspecified atom stereocenters. The fourth-order valence-corrected chi connectivity index (χ4v) is 5.18. The van der Waals surface area contributed by atoms with Gasteiger partial charge < -0.3 is 5.32 Å². The third-order valence-corrected chi connectivity index (χ3v) is 6.77. The van der Waals surface area contributed by atoms with Crippen LogP contribution in [-0.4, -0.2) is 22.8 Å². The molecule has 3 aromatic rings. The topological polar surface area (TPSA) is 62.3 Å². The van der Waals surface area contributed by atoms with E-state index >= 15 is 0 Å². The molecule has 2 heterocycles. The molecule has 0 saturated heterocycles. The summed E-state index contributed by atoms with van der Waals surface area (Å²) < 4.78 is 0. The third-order valence-electron chi connectivity index (χ3n) is 5.89. The Hall–Kier alpha value is -2.99. The minimum atomic E-state index is -0.757. The molecule has 5 nitrogen and oxygen atoms in total. The van der Waals surface area contributed by atoms with E-state index in [1.165, 1.54) is 0 Å². The van der Waals surface area contributed by atoms with E-state index in [0.717, 1.165) is 52.9 Å². The number of benzene rings is 1. The van der Waals surface area contributed by atoms with Crippen LogP contribution in [0.5, 0.6) is 0 Å². The predicted octanol–water partition coefficient (Wildman–Crippen LogP) is 5.14. The van der Waals surface area contributed by atoms with E-state index in [2.05, 4.69) is 16.4 Å². The lowest BCUT2D eigenvalue weighted by Crippen LogP contribution is -2.47. The van der Waals surface area contributed by atoms with Crippen LogP contribution in [0, 0.1) is 13.8 Å². The van der Waals surface area contributed by atoms with Gasteiger partial charge in [0.05, 0.1) is 6.42 Å². The Morgan fingerprint density at radius 1 is 1.09 bits per heavy atom. The first-order valence-corrected chi connectivity index (χ1v) is 12.0. The summed E-state index contributed by atoms with van der Waals surface area (Å²) in [6, 6.07) is 13.0. The second-order valence-corrected chi connectivity index (χ2v) is 9.57. The Kier molecular flexibility index (Phi) is 7.00. The molecule has 0 spiro atoms. The first-order chi connectivity index (χ1) is 15.5. The standard InChI is InChI=1S/C26H29N3O2S/c1-18-14-19(2)16-22(15-18)29(24(30)17-23-8-5-13-32-23)25(20-9-11-27-12-10-20)26(31)28-21-6-3-4-7-21/h5,8-16,21,25H,3-4,6-7,17H2,1-2H3,(H,28,31)/t25-/m1/s1. The summed E-state index contributed by atoms with van der Waals surface area (Å²) in [6.07, 6.45) is 7.83. The highest BCUT2D eigenvalue weighted by Gasteiger charge is 2.34. The second kappa shape index (κ2) is 10.1. The quantitative estimate of drug-likeness (QED) is 0.546. The van der Waals surface area contributed by atoms with E-state index in [1.54, 1.807) is 28.6 Å². The molecule has 6 heteroatoms. The number of aryl methyl sites for hydroxylation is 2. The lowest BCUT2D eigenvalue weighted by atomic mass is 10.0.